The van der Waals surface area contributed by atoms with Crippen molar-refractivity contribution in [3.63, 3.8) is 0 Å². The van der Waals surface area contributed by atoms with E-state index in [0.717, 1.165) is 11.1 Å². The number of aryl methyl sites for hydroxylation is 1. The van der Waals surface area contributed by atoms with Crippen molar-refractivity contribution < 1.29 is 9.47 Å². The van der Waals surface area contributed by atoms with Crippen molar-refractivity contribution in [2.24, 2.45) is 21.6 Å². The lowest BCUT2D eigenvalue weighted by molar-refractivity contribution is -0.230. The van der Waals surface area contributed by atoms with E-state index in [1.54, 1.807) is 0 Å². The number of aliphatic imine (C=N–C) groups is 1. The molecule has 6 heteroatoms. The Hall–Kier alpha value is -2.41. The standard InChI is InChI=1S/C16H16N4O2/c1-10-4-6-11(7-5-10)12-14(8-17)13(19)20-16(21-2,22-3)15(12,14)9-18/h4-7,12H,1-3H3,(H2,19,20)/t12-,14-,15-/m1/s1. The molecule has 3 atom stereocenters. The molecule has 3 rings (SSSR count). The first-order valence-corrected chi connectivity index (χ1v) is 6.85. The number of nitrogens with two attached hydrogens (primary N) is 1. The summed E-state index contributed by atoms with van der Waals surface area (Å²) in [5.74, 6) is -1.91. The van der Waals surface area contributed by atoms with E-state index in [-0.39, 0.29) is 5.84 Å². The highest BCUT2D eigenvalue weighted by molar-refractivity contribution is 6.00. The van der Waals surface area contributed by atoms with E-state index in [1.165, 1.54) is 14.2 Å². The lowest BCUT2D eigenvalue weighted by Crippen LogP contribution is -2.41. The molecule has 1 aromatic rings. The predicted octanol–water partition coefficient (Wildman–Crippen LogP) is 1.43. The van der Waals surface area contributed by atoms with Gasteiger partial charge < -0.3 is 15.2 Å². The lowest BCUT2D eigenvalue weighted by Gasteiger charge is -2.29. The van der Waals surface area contributed by atoms with Crippen LogP contribution in [-0.4, -0.2) is 26.0 Å². The van der Waals surface area contributed by atoms with Gasteiger partial charge in [0, 0.05) is 20.1 Å². The van der Waals surface area contributed by atoms with Crippen LogP contribution < -0.4 is 5.73 Å². The van der Waals surface area contributed by atoms with Crippen LogP contribution in [0.3, 0.4) is 0 Å². The molecule has 0 saturated heterocycles. The Morgan fingerprint density at radius 1 is 1.14 bits per heavy atom. The Kier molecular flexibility index (Phi) is 2.84. The van der Waals surface area contributed by atoms with Crippen LogP contribution in [0.4, 0.5) is 0 Å². The van der Waals surface area contributed by atoms with E-state index in [2.05, 4.69) is 17.1 Å². The molecule has 1 heterocycles. The molecular weight excluding hydrogens is 280 g/mol. The van der Waals surface area contributed by atoms with E-state index >= 15 is 0 Å². The zero-order chi connectivity index (χ0) is 16.2. The fourth-order valence-corrected chi connectivity index (χ4v) is 3.78. The first-order valence-electron chi connectivity index (χ1n) is 6.85. The molecule has 0 amide bonds. The highest BCUT2D eigenvalue weighted by Crippen LogP contribution is 2.81. The van der Waals surface area contributed by atoms with E-state index in [9.17, 15) is 10.5 Å². The Labute approximate surface area is 128 Å². The molecule has 0 spiro atoms. The number of nitrogens with zero attached hydrogens (tertiary/aromatic N) is 3. The number of amidine groups is 1. The zero-order valence-electron chi connectivity index (χ0n) is 12.6. The molecule has 1 saturated carbocycles. The summed E-state index contributed by atoms with van der Waals surface area (Å²) in [6, 6.07) is 12.1. The molecule has 0 aromatic heterocycles. The fourth-order valence-electron chi connectivity index (χ4n) is 3.78. The van der Waals surface area contributed by atoms with Gasteiger partial charge in [-0.25, -0.2) is 4.99 Å². The second kappa shape index (κ2) is 4.30. The average molecular weight is 296 g/mol. The topological polar surface area (TPSA) is 104 Å². The maximum atomic E-state index is 9.88. The number of hydrogen-bond donors (Lipinski definition) is 1. The molecule has 1 aromatic carbocycles. The van der Waals surface area contributed by atoms with Crippen molar-refractivity contribution in [3.8, 4) is 12.1 Å². The quantitative estimate of drug-likeness (QED) is 0.849. The van der Waals surface area contributed by atoms with Gasteiger partial charge in [0.15, 0.2) is 5.41 Å². The summed E-state index contributed by atoms with van der Waals surface area (Å²) in [4.78, 5) is 4.17. The number of nitriles is 2. The number of hydrogen-bond acceptors (Lipinski definition) is 6. The minimum Gasteiger partial charge on any atom is -0.386 e. The number of ether oxygens (including phenoxy) is 2. The second-order valence-corrected chi connectivity index (χ2v) is 5.67. The third kappa shape index (κ3) is 1.24. The first-order chi connectivity index (χ1) is 10.5. The summed E-state index contributed by atoms with van der Waals surface area (Å²) in [6.07, 6.45) is 0. The third-order valence-corrected chi connectivity index (χ3v) is 4.89. The van der Waals surface area contributed by atoms with E-state index in [0.29, 0.717) is 0 Å². The number of rotatable bonds is 3. The van der Waals surface area contributed by atoms with Gasteiger partial charge in [-0.15, -0.1) is 0 Å². The summed E-state index contributed by atoms with van der Waals surface area (Å²) in [5.41, 5.74) is 5.47. The Morgan fingerprint density at radius 3 is 2.18 bits per heavy atom. The molecular formula is C16H16N4O2. The van der Waals surface area contributed by atoms with Crippen LogP contribution in [0.1, 0.15) is 17.0 Å². The molecule has 1 aliphatic heterocycles. The molecule has 0 bridgehead atoms. The van der Waals surface area contributed by atoms with Gasteiger partial charge >= 0.3 is 0 Å². The van der Waals surface area contributed by atoms with E-state index < -0.39 is 22.7 Å². The van der Waals surface area contributed by atoms with Gasteiger partial charge in [0.25, 0.3) is 5.91 Å². The molecule has 2 N–H and O–H groups in total. The smallest absolute Gasteiger partial charge is 0.292 e. The first kappa shape index (κ1) is 14.5. The monoisotopic (exact) mass is 296 g/mol. The van der Waals surface area contributed by atoms with Crippen LogP contribution in [-0.2, 0) is 9.47 Å². The fraction of sp³-hybridized carbons (Fsp3) is 0.438. The van der Waals surface area contributed by atoms with Crippen LogP contribution in [0, 0.1) is 40.4 Å². The SMILES string of the molecule is COC1(OC)N=C(N)[C@@]2(C#N)[C@@H](c3ccc(C)cc3)[C@@]12C#N. The molecule has 1 aliphatic carbocycles. The molecule has 112 valence electrons. The lowest BCUT2D eigenvalue weighted by atomic mass is 9.93. The minimum atomic E-state index is -1.56. The summed E-state index contributed by atoms with van der Waals surface area (Å²) in [7, 11) is 2.80. The Bertz CT molecular complexity index is 739. The van der Waals surface area contributed by atoms with Gasteiger partial charge in [0.2, 0.25) is 0 Å². The van der Waals surface area contributed by atoms with Gasteiger partial charge in [-0.2, -0.15) is 10.5 Å². The van der Waals surface area contributed by atoms with Crippen LogP contribution in [0.25, 0.3) is 0 Å². The van der Waals surface area contributed by atoms with Crippen LogP contribution in [0.15, 0.2) is 29.3 Å². The maximum Gasteiger partial charge on any atom is 0.292 e. The van der Waals surface area contributed by atoms with Crippen molar-refractivity contribution in [1.82, 2.24) is 0 Å². The normalized spacial score (nSPS) is 34.2. The zero-order valence-corrected chi connectivity index (χ0v) is 12.6. The highest BCUT2D eigenvalue weighted by Gasteiger charge is 2.93. The predicted molar refractivity (Wildman–Crippen MR) is 78.4 cm³/mol. The minimum absolute atomic E-state index is 0.0887. The summed E-state index contributed by atoms with van der Waals surface area (Å²) in [6.45, 7) is 1.97. The van der Waals surface area contributed by atoms with Crippen molar-refractivity contribution in [3.05, 3.63) is 35.4 Å². The van der Waals surface area contributed by atoms with Gasteiger partial charge in [-0.1, -0.05) is 29.8 Å². The number of fused-ring (bicyclic) bond motifs is 1. The average Bonchev–Trinajstić information content (AvgIpc) is 3.11. The summed E-state index contributed by atoms with van der Waals surface area (Å²) < 4.78 is 10.8. The van der Waals surface area contributed by atoms with Crippen molar-refractivity contribution in [1.29, 1.82) is 10.5 Å². The summed E-state index contributed by atoms with van der Waals surface area (Å²) >= 11 is 0. The van der Waals surface area contributed by atoms with Crippen molar-refractivity contribution in [2.75, 3.05) is 14.2 Å². The molecule has 22 heavy (non-hydrogen) atoms. The van der Waals surface area contributed by atoms with Gasteiger partial charge in [0.05, 0.1) is 12.1 Å². The number of benzene rings is 1. The van der Waals surface area contributed by atoms with Crippen LogP contribution in [0.5, 0.6) is 0 Å². The molecule has 0 unspecified atom stereocenters. The maximum absolute atomic E-state index is 9.88. The van der Waals surface area contributed by atoms with Gasteiger partial charge in [0.1, 0.15) is 11.3 Å². The summed E-state index contributed by atoms with van der Waals surface area (Å²) in [5, 5.41) is 19.6. The van der Waals surface area contributed by atoms with Crippen molar-refractivity contribution >= 4 is 5.84 Å². The highest BCUT2D eigenvalue weighted by atomic mass is 16.7. The Balaban J connectivity index is 2.23. The second-order valence-electron chi connectivity index (χ2n) is 5.67. The molecule has 1 fully saturated rings. The van der Waals surface area contributed by atoms with Gasteiger partial charge in [-0.3, -0.25) is 0 Å². The van der Waals surface area contributed by atoms with E-state index in [1.807, 2.05) is 31.2 Å². The van der Waals surface area contributed by atoms with Gasteiger partial charge in [-0.05, 0) is 12.5 Å². The third-order valence-electron chi connectivity index (χ3n) is 4.89. The molecule has 0 radical (unpaired) electrons. The van der Waals surface area contributed by atoms with Crippen LogP contribution >= 0.6 is 0 Å². The van der Waals surface area contributed by atoms with E-state index in [4.69, 9.17) is 15.2 Å². The number of methoxy groups -OCH3 is 2. The van der Waals surface area contributed by atoms with Crippen molar-refractivity contribution in [2.45, 2.75) is 18.8 Å². The molecule has 6 nitrogen and oxygen atoms in total. The largest absolute Gasteiger partial charge is 0.386 e. The molecule has 2 aliphatic rings. The Morgan fingerprint density at radius 2 is 1.73 bits per heavy atom. The van der Waals surface area contributed by atoms with Crippen LogP contribution in [0.2, 0.25) is 0 Å².